The standard InChI is InChI=1S/C19H34N4O2.HI/c1-4-17(24)23-11-8-14(13-23)21-18(20-5-2)22-15-12-16(25-6-3)19(15)9-7-10-19;/h14-16H,4-13H2,1-3H3,(H2,20,21,22);1H. The van der Waals surface area contributed by atoms with Crippen LogP contribution in [-0.2, 0) is 9.53 Å². The lowest BCUT2D eigenvalue weighted by Gasteiger charge is -2.61. The summed E-state index contributed by atoms with van der Waals surface area (Å²) in [5, 5.41) is 7.24. The molecule has 6 nitrogen and oxygen atoms in total. The fourth-order valence-corrected chi connectivity index (χ4v) is 4.62. The summed E-state index contributed by atoms with van der Waals surface area (Å²) >= 11 is 0. The van der Waals surface area contributed by atoms with Gasteiger partial charge < -0.3 is 20.3 Å². The molecular weight excluding hydrogens is 443 g/mol. The van der Waals surface area contributed by atoms with Crippen molar-refractivity contribution in [3.8, 4) is 0 Å². The van der Waals surface area contributed by atoms with Gasteiger partial charge in [0, 0.05) is 50.2 Å². The molecule has 3 unspecified atom stereocenters. The van der Waals surface area contributed by atoms with Crippen molar-refractivity contribution in [2.24, 2.45) is 10.4 Å². The number of carbonyl (C=O) groups excluding carboxylic acids is 1. The minimum Gasteiger partial charge on any atom is -0.378 e. The highest BCUT2D eigenvalue weighted by Gasteiger charge is 2.59. The monoisotopic (exact) mass is 478 g/mol. The first-order chi connectivity index (χ1) is 12.1. The van der Waals surface area contributed by atoms with Gasteiger partial charge in [-0.15, -0.1) is 24.0 Å². The number of halogens is 1. The van der Waals surface area contributed by atoms with Crippen LogP contribution in [0.25, 0.3) is 0 Å². The van der Waals surface area contributed by atoms with Gasteiger partial charge in [-0.2, -0.15) is 0 Å². The van der Waals surface area contributed by atoms with Crippen molar-refractivity contribution >= 4 is 35.8 Å². The predicted molar refractivity (Wildman–Crippen MR) is 115 cm³/mol. The maximum Gasteiger partial charge on any atom is 0.222 e. The molecule has 1 aliphatic heterocycles. The summed E-state index contributed by atoms with van der Waals surface area (Å²) in [6.45, 7) is 9.27. The van der Waals surface area contributed by atoms with Crippen LogP contribution in [0.15, 0.2) is 4.99 Å². The first kappa shape index (κ1) is 21.7. The zero-order valence-corrected chi connectivity index (χ0v) is 18.8. The lowest BCUT2D eigenvalue weighted by molar-refractivity contribution is -0.168. The van der Waals surface area contributed by atoms with E-state index in [2.05, 4.69) is 29.5 Å². The van der Waals surface area contributed by atoms with Crippen molar-refractivity contribution in [2.75, 3.05) is 26.2 Å². The summed E-state index contributed by atoms with van der Waals surface area (Å²) < 4.78 is 5.95. The van der Waals surface area contributed by atoms with Crippen LogP contribution in [0.3, 0.4) is 0 Å². The highest BCUT2D eigenvalue weighted by molar-refractivity contribution is 14.0. The lowest BCUT2D eigenvalue weighted by Crippen LogP contribution is -2.69. The van der Waals surface area contributed by atoms with E-state index in [0.29, 0.717) is 30.0 Å². The SMILES string of the molecule is CCN=C(NC1CCN(C(=O)CC)C1)NC1CC(OCC)C12CCC2.I. The molecular formula is C19H35IN4O2. The van der Waals surface area contributed by atoms with Crippen LogP contribution in [0.5, 0.6) is 0 Å². The second-order valence-corrected chi connectivity index (χ2v) is 7.61. The highest BCUT2D eigenvalue weighted by atomic mass is 127. The van der Waals surface area contributed by atoms with Crippen LogP contribution in [0, 0.1) is 5.41 Å². The molecule has 26 heavy (non-hydrogen) atoms. The normalized spacial score (nSPS) is 29.6. The molecule has 3 aliphatic rings. The van der Waals surface area contributed by atoms with Gasteiger partial charge in [0.05, 0.1) is 6.10 Å². The quantitative estimate of drug-likeness (QED) is 0.350. The van der Waals surface area contributed by atoms with E-state index in [0.717, 1.165) is 45.0 Å². The van der Waals surface area contributed by atoms with E-state index in [9.17, 15) is 4.79 Å². The van der Waals surface area contributed by atoms with Crippen molar-refractivity contribution in [3.63, 3.8) is 0 Å². The van der Waals surface area contributed by atoms with E-state index in [1.807, 2.05) is 11.8 Å². The lowest BCUT2D eigenvalue weighted by atomic mass is 9.51. The van der Waals surface area contributed by atoms with Gasteiger partial charge in [-0.05, 0) is 39.5 Å². The third kappa shape index (κ3) is 4.29. The van der Waals surface area contributed by atoms with E-state index in [1.165, 1.54) is 19.3 Å². The van der Waals surface area contributed by atoms with Crippen LogP contribution in [-0.4, -0.2) is 61.2 Å². The Balaban J connectivity index is 0.00000243. The molecule has 0 aromatic rings. The Morgan fingerprint density at radius 1 is 1.27 bits per heavy atom. The van der Waals surface area contributed by atoms with Crippen LogP contribution >= 0.6 is 24.0 Å². The summed E-state index contributed by atoms with van der Waals surface area (Å²) in [5.41, 5.74) is 0.325. The molecule has 7 heteroatoms. The fraction of sp³-hybridized carbons (Fsp3) is 0.895. The van der Waals surface area contributed by atoms with Gasteiger partial charge in [-0.1, -0.05) is 13.3 Å². The highest BCUT2D eigenvalue weighted by Crippen LogP contribution is 2.57. The molecule has 150 valence electrons. The number of nitrogens with one attached hydrogen (secondary N) is 2. The maximum absolute atomic E-state index is 11.9. The Labute approximate surface area is 174 Å². The van der Waals surface area contributed by atoms with Crippen molar-refractivity contribution in [1.29, 1.82) is 0 Å². The molecule has 0 radical (unpaired) electrons. The van der Waals surface area contributed by atoms with E-state index in [4.69, 9.17) is 4.74 Å². The number of likely N-dealkylation sites (tertiary alicyclic amines) is 1. The number of aliphatic imine (C=N–C) groups is 1. The Hall–Kier alpha value is -0.570. The third-order valence-electron chi connectivity index (χ3n) is 6.25. The van der Waals surface area contributed by atoms with Gasteiger partial charge in [-0.25, -0.2) is 0 Å². The van der Waals surface area contributed by atoms with E-state index in [1.54, 1.807) is 0 Å². The van der Waals surface area contributed by atoms with Gasteiger partial charge >= 0.3 is 0 Å². The number of nitrogens with zero attached hydrogens (tertiary/aromatic N) is 2. The van der Waals surface area contributed by atoms with E-state index >= 15 is 0 Å². The van der Waals surface area contributed by atoms with Gasteiger partial charge in [0.25, 0.3) is 0 Å². The largest absolute Gasteiger partial charge is 0.378 e. The third-order valence-corrected chi connectivity index (χ3v) is 6.25. The van der Waals surface area contributed by atoms with E-state index in [-0.39, 0.29) is 29.9 Å². The summed E-state index contributed by atoms with van der Waals surface area (Å²) in [7, 11) is 0. The van der Waals surface area contributed by atoms with Crippen molar-refractivity contribution < 1.29 is 9.53 Å². The number of amides is 1. The molecule has 1 heterocycles. The molecule has 0 aromatic carbocycles. The molecule has 0 bridgehead atoms. The molecule has 2 aliphatic carbocycles. The molecule has 2 saturated carbocycles. The van der Waals surface area contributed by atoms with Crippen LogP contribution in [0.1, 0.15) is 59.3 Å². The number of hydrogen-bond acceptors (Lipinski definition) is 3. The van der Waals surface area contributed by atoms with Crippen molar-refractivity contribution in [3.05, 3.63) is 0 Å². The van der Waals surface area contributed by atoms with Gasteiger partial charge in [0.1, 0.15) is 0 Å². The molecule has 1 spiro atoms. The Morgan fingerprint density at radius 3 is 2.62 bits per heavy atom. The second-order valence-electron chi connectivity index (χ2n) is 7.61. The Bertz CT molecular complexity index is 510. The zero-order chi connectivity index (χ0) is 17.9. The average Bonchev–Trinajstić information content (AvgIpc) is 3.00. The molecule has 3 atom stereocenters. The maximum atomic E-state index is 11.9. The van der Waals surface area contributed by atoms with Crippen molar-refractivity contribution in [1.82, 2.24) is 15.5 Å². The molecule has 1 saturated heterocycles. The van der Waals surface area contributed by atoms with Crippen LogP contribution < -0.4 is 10.6 Å². The number of guanidine groups is 1. The first-order valence-electron chi connectivity index (χ1n) is 10.1. The van der Waals surface area contributed by atoms with Gasteiger partial charge in [-0.3, -0.25) is 9.79 Å². The molecule has 2 N–H and O–H groups in total. The molecule has 1 amide bonds. The average molecular weight is 478 g/mol. The molecule has 0 aromatic heterocycles. The number of ether oxygens (including phenoxy) is 1. The minimum atomic E-state index is 0. The molecule has 3 fully saturated rings. The number of carbonyl (C=O) groups is 1. The number of rotatable bonds is 6. The zero-order valence-electron chi connectivity index (χ0n) is 16.4. The van der Waals surface area contributed by atoms with Crippen molar-refractivity contribution in [2.45, 2.75) is 77.5 Å². The van der Waals surface area contributed by atoms with Gasteiger partial charge in [0.2, 0.25) is 5.91 Å². The Morgan fingerprint density at radius 2 is 2.04 bits per heavy atom. The molecule has 3 rings (SSSR count). The van der Waals surface area contributed by atoms with Crippen LogP contribution in [0.2, 0.25) is 0 Å². The van der Waals surface area contributed by atoms with Crippen LogP contribution in [0.4, 0.5) is 0 Å². The summed E-state index contributed by atoms with van der Waals surface area (Å²) in [6.07, 6.45) is 6.90. The number of hydrogen-bond donors (Lipinski definition) is 2. The smallest absolute Gasteiger partial charge is 0.222 e. The Kier molecular flexibility index (Phi) is 8.00. The van der Waals surface area contributed by atoms with Gasteiger partial charge in [0.15, 0.2) is 5.96 Å². The first-order valence-corrected chi connectivity index (χ1v) is 10.1. The fourth-order valence-electron chi connectivity index (χ4n) is 4.62. The topological polar surface area (TPSA) is 66.0 Å². The second kappa shape index (κ2) is 9.57. The van der Waals surface area contributed by atoms with E-state index < -0.39 is 0 Å². The predicted octanol–water partition coefficient (Wildman–Crippen LogP) is 2.52. The minimum absolute atomic E-state index is 0. The summed E-state index contributed by atoms with van der Waals surface area (Å²) in [6, 6.07) is 0.763. The summed E-state index contributed by atoms with van der Waals surface area (Å²) in [5.74, 6) is 1.16. The summed E-state index contributed by atoms with van der Waals surface area (Å²) in [4.78, 5) is 18.5.